The quantitative estimate of drug-likeness (QED) is 0.701. The first-order valence-electron chi connectivity index (χ1n) is 4.50. The van der Waals surface area contributed by atoms with Gasteiger partial charge >= 0.3 is 0 Å². The van der Waals surface area contributed by atoms with E-state index in [2.05, 4.69) is 20.9 Å². The van der Waals surface area contributed by atoms with Crippen LogP contribution in [-0.4, -0.2) is 4.98 Å². The molecule has 0 radical (unpaired) electrons. The second-order valence-electron chi connectivity index (χ2n) is 3.12. The highest BCUT2D eigenvalue weighted by Gasteiger charge is 2.09. The molecule has 1 aromatic heterocycles. The maximum Gasteiger partial charge on any atom is 0.238 e. The zero-order valence-electron chi connectivity index (χ0n) is 8.25. The molecule has 2 nitrogen and oxygen atoms in total. The third-order valence-corrected chi connectivity index (χ3v) is 3.16. The van der Waals surface area contributed by atoms with Gasteiger partial charge in [0.15, 0.2) is 0 Å². The number of ether oxygens (including phenoxy) is 1. The Labute approximate surface area is 122 Å². The van der Waals surface area contributed by atoms with Crippen molar-refractivity contribution in [3.8, 4) is 11.6 Å². The van der Waals surface area contributed by atoms with Gasteiger partial charge in [0, 0.05) is 10.7 Å². The first-order chi connectivity index (χ1) is 8.06. The number of rotatable bonds is 2. The van der Waals surface area contributed by atoms with Gasteiger partial charge in [0.25, 0.3) is 0 Å². The molecule has 0 aliphatic carbocycles. The largest absolute Gasteiger partial charge is 0.436 e. The maximum absolute atomic E-state index is 5.99. The van der Waals surface area contributed by atoms with Crippen molar-refractivity contribution in [3.63, 3.8) is 0 Å². The van der Waals surface area contributed by atoms with E-state index in [1.807, 2.05) is 6.07 Å². The number of pyridine rings is 1. The minimum atomic E-state index is 0.260. The molecule has 2 aromatic rings. The third-order valence-electron chi connectivity index (χ3n) is 1.87. The minimum absolute atomic E-state index is 0.260. The van der Waals surface area contributed by atoms with Gasteiger partial charge in [-0.15, -0.1) is 0 Å². The van der Waals surface area contributed by atoms with Gasteiger partial charge in [-0.2, -0.15) is 0 Å². The Morgan fingerprint density at radius 2 is 1.82 bits per heavy atom. The van der Waals surface area contributed by atoms with Gasteiger partial charge in [-0.05, 0) is 24.3 Å². The van der Waals surface area contributed by atoms with E-state index in [0.717, 1.165) is 4.47 Å². The fraction of sp³-hybridized carbons (Fsp3) is 0. The Morgan fingerprint density at radius 1 is 1.06 bits per heavy atom. The summed E-state index contributed by atoms with van der Waals surface area (Å²) in [7, 11) is 0. The fourth-order valence-electron chi connectivity index (χ4n) is 1.14. The molecule has 17 heavy (non-hydrogen) atoms. The molecule has 0 aliphatic rings. The molecule has 88 valence electrons. The van der Waals surface area contributed by atoms with Gasteiger partial charge in [-0.25, -0.2) is 4.98 Å². The van der Waals surface area contributed by atoms with Crippen molar-refractivity contribution < 1.29 is 4.74 Å². The van der Waals surface area contributed by atoms with Crippen LogP contribution in [-0.2, 0) is 0 Å². The molecule has 0 saturated carbocycles. The molecule has 0 bridgehead atoms. The second-order valence-corrected chi connectivity index (χ2v) is 5.28. The normalized spacial score (nSPS) is 10.4. The lowest BCUT2D eigenvalue weighted by molar-refractivity contribution is 0.463. The standard InChI is InChI=1S/C11H5BrCl3NO/c12-6-1-2-8(14)10(3-6)17-11-9(15)4-7(13)5-16-11/h1-5H. The van der Waals surface area contributed by atoms with Crippen LogP contribution in [0, 0.1) is 0 Å². The van der Waals surface area contributed by atoms with Crippen LogP contribution >= 0.6 is 50.7 Å². The molecular weight excluding hydrogens is 348 g/mol. The minimum Gasteiger partial charge on any atom is -0.436 e. The molecule has 0 fully saturated rings. The molecule has 0 aliphatic heterocycles. The van der Waals surface area contributed by atoms with E-state index in [1.54, 1.807) is 18.2 Å². The van der Waals surface area contributed by atoms with Gasteiger partial charge in [0.1, 0.15) is 10.8 Å². The van der Waals surface area contributed by atoms with Crippen molar-refractivity contribution >= 4 is 50.7 Å². The van der Waals surface area contributed by atoms with Crippen LogP contribution in [0.15, 0.2) is 34.9 Å². The summed E-state index contributed by atoms with van der Waals surface area (Å²) in [6.45, 7) is 0. The monoisotopic (exact) mass is 351 g/mol. The number of nitrogens with zero attached hydrogens (tertiary/aromatic N) is 1. The molecule has 1 heterocycles. The van der Waals surface area contributed by atoms with Gasteiger partial charge in [-0.3, -0.25) is 0 Å². The van der Waals surface area contributed by atoms with E-state index in [0.29, 0.717) is 20.8 Å². The molecule has 0 unspecified atom stereocenters. The van der Waals surface area contributed by atoms with Crippen LogP contribution < -0.4 is 4.74 Å². The smallest absolute Gasteiger partial charge is 0.238 e. The van der Waals surface area contributed by atoms with E-state index in [1.165, 1.54) is 6.20 Å². The summed E-state index contributed by atoms with van der Waals surface area (Å²) in [5, 5.41) is 1.25. The van der Waals surface area contributed by atoms with Crippen molar-refractivity contribution in [2.75, 3.05) is 0 Å². The number of hydrogen-bond donors (Lipinski definition) is 0. The third kappa shape index (κ3) is 3.26. The van der Waals surface area contributed by atoms with Gasteiger partial charge in [0.2, 0.25) is 5.88 Å². The highest BCUT2D eigenvalue weighted by Crippen LogP contribution is 2.34. The molecule has 1 aromatic carbocycles. The predicted molar refractivity (Wildman–Crippen MR) is 73.5 cm³/mol. The zero-order chi connectivity index (χ0) is 12.4. The molecular formula is C11H5BrCl3NO. The molecule has 0 amide bonds. The first kappa shape index (κ1) is 13.0. The van der Waals surface area contributed by atoms with Crippen molar-refractivity contribution in [2.45, 2.75) is 0 Å². The Morgan fingerprint density at radius 3 is 2.53 bits per heavy atom. The number of aromatic nitrogens is 1. The summed E-state index contributed by atoms with van der Waals surface area (Å²) in [5.41, 5.74) is 0. The van der Waals surface area contributed by atoms with Crippen molar-refractivity contribution in [1.82, 2.24) is 4.98 Å². The Kier molecular flexibility index (Phi) is 4.15. The highest BCUT2D eigenvalue weighted by atomic mass is 79.9. The summed E-state index contributed by atoms with van der Waals surface area (Å²) < 4.78 is 6.36. The van der Waals surface area contributed by atoms with E-state index in [-0.39, 0.29) is 5.88 Å². The lowest BCUT2D eigenvalue weighted by Crippen LogP contribution is -1.89. The molecule has 0 atom stereocenters. The SMILES string of the molecule is Clc1cnc(Oc2cc(Br)ccc2Cl)c(Cl)c1. The molecule has 0 N–H and O–H groups in total. The Hall–Kier alpha value is -0.480. The first-order valence-corrected chi connectivity index (χ1v) is 6.43. The molecule has 0 spiro atoms. The predicted octanol–water partition coefficient (Wildman–Crippen LogP) is 5.60. The van der Waals surface area contributed by atoms with Gasteiger partial charge in [0.05, 0.1) is 10.0 Å². The topological polar surface area (TPSA) is 22.1 Å². The van der Waals surface area contributed by atoms with E-state index < -0.39 is 0 Å². The van der Waals surface area contributed by atoms with E-state index in [9.17, 15) is 0 Å². The summed E-state index contributed by atoms with van der Waals surface area (Å²) in [6.07, 6.45) is 1.45. The van der Waals surface area contributed by atoms with Crippen LogP contribution in [0.1, 0.15) is 0 Å². The number of halogens is 4. The number of benzene rings is 1. The Balaban J connectivity index is 2.34. The van der Waals surface area contributed by atoms with Crippen molar-refractivity contribution in [3.05, 3.63) is 50.0 Å². The second kappa shape index (κ2) is 5.44. The summed E-state index contributed by atoms with van der Waals surface area (Å²) in [4.78, 5) is 3.98. The number of hydrogen-bond acceptors (Lipinski definition) is 2. The van der Waals surface area contributed by atoms with E-state index in [4.69, 9.17) is 39.5 Å². The van der Waals surface area contributed by atoms with Crippen LogP contribution in [0.4, 0.5) is 0 Å². The van der Waals surface area contributed by atoms with Crippen molar-refractivity contribution in [2.24, 2.45) is 0 Å². The molecule has 6 heteroatoms. The summed E-state index contributed by atoms with van der Waals surface area (Å²) in [6, 6.07) is 6.81. The van der Waals surface area contributed by atoms with Gasteiger partial charge in [-0.1, -0.05) is 50.7 Å². The highest BCUT2D eigenvalue weighted by molar-refractivity contribution is 9.10. The average Bonchev–Trinajstić information content (AvgIpc) is 2.27. The van der Waals surface area contributed by atoms with Crippen LogP contribution in [0.25, 0.3) is 0 Å². The summed E-state index contributed by atoms with van der Waals surface area (Å²) in [5.74, 6) is 0.730. The lowest BCUT2D eigenvalue weighted by atomic mass is 10.3. The van der Waals surface area contributed by atoms with Crippen molar-refractivity contribution in [1.29, 1.82) is 0 Å². The fourth-order valence-corrected chi connectivity index (χ4v) is 2.05. The van der Waals surface area contributed by atoms with Gasteiger partial charge < -0.3 is 4.74 Å². The summed E-state index contributed by atoms with van der Waals surface area (Å²) >= 11 is 21.0. The zero-order valence-corrected chi connectivity index (χ0v) is 12.1. The Bertz CT molecular complexity index is 562. The maximum atomic E-state index is 5.99. The van der Waals surface area contributed by atoms with Crippen LogP contribution in [0.3, 0.4) is 0 Å². The lowest BCUT2D eigenvalue weighted by Gasteiger charge is -2.08. The molecule has 0 saturated heterocycles. The van der Waals surface area contributed by atoms with E-state index >= 15 is 0 Å². The average molecular weight is 353 g/mol. The van der Waals surface area contributed by atoms with Crippen LogP contribution in [0.2, 0.25) is 15.1 Å². The van der Waals surface area contributed by atoms with Crippen LogP contribution in [0.5, 0.6) is 11.6 Å². The molecule has 2 rings (SSSR count).